The Bertz CT molecular complexity index is 574. The van der Waals surface area contributed by atoms with Gasteiger partial charge in [0.1, 0.15) is 6.04 Å². The monoisotopic (exact) mass is 376 g/mol. The fourth-order valence-electron chi connectivity index (χ4n) is 5.20. The van der Waals surface area contributed by atoms with E-state index in [1.165, 1.54) is 57.3 Å². The number of carbonyl (C=O) groups is 1. The van der Waals surface area contributed by atoms with Crippen LogP contribution in [0.15, 0.2) is 24.3 Å². The normalized spacial score (nSPS) is 27.8. The highest BCUT2D eigenvalue weighted by Crippen LogP contribution is 2.38. The molecule has 2 bridgehead atoms. The number of carbonyl (C=O) groups excluding carboxylic acids is 1. The molecule has 144 valence electrons. The first-order valence-corrected chi connectivity index (χ1v) is 11.2. The Balaban J connectivity index is 1.55. The maximum atomic E-state index is 13.0. The first-order chi connectivity index (χ1) is 12.6. The molecule has 26 heavy (non-hydrogen) atoms. The van der Waals surface area contributed by atoms with E-state index in [1.807, 2.05) is 12.1 Å². The van der Waals surface area contributed by atoms with E-state index >= 15 is 0 Å². The lowest BCUT2D eigenvalue weighted by atomic mass is 9.77. The number of piperidine rings is 3. The second-order valence-electron chi connectivity index (χ2n) is 8.51. The largest absolute Gasteiger partial charge is 0.315 e. The summed E-state index contributed by atoms with van der Waals surface area (Å²) in [7, 11) is 0. The summed E-state index contributed by atoms with van der Waals surface area (Å²) >= 11 is 5.98. The van der Waals surface area contributed by atoms with Crippen LogP contribution in [0.25, 0.3) is 0 Å². The van der Waals surface area contributed by atoms with Gasteiger partial charge in [0.2, 0.25) is 0 Å². The second-order valence-corrected chi connectivity index (χ2v) is 8.95. The number of halogens is 1. The van der Waals surface area contributed by atoms with Gasteiger partial charge >= 0.3 is 0 Å². The van der Waals surface area contributed by atoms with Crippen LogP contribution >= 0.6 is 11.6 Å². The van der Waals surface area contributed by atoms with Crippen LogP contribution < -0.4 is 0 Å². The molecular weight excluding hydrogens is 342 g/mol. The smallest absolute Gasteiger partial charge is 0.193 e. The van der Waals surface area contributed by atoms with Crippen molar-refractivity contribution in [3.05, 3.63) is 34.9 Å². The Labute approximate surface area is 164 Å². The molecule has 1 aromatic rings. The van der Waals surface area contributed by atoms with Crippen molar-refractivity contribution < 1.29 is 9.28 Å². The molecule has 1 unspecified atom stereocenters. The third-order valence-electron chi connectivity index (χ3n) is 6.80. The fraction of sp³-hybridized carbons (Fsp3) is 0.696. The number of Topliss-reactive ketones (excluding diaryl/α,β-unsaturated/α-hetero) is 1. The van der Waals surface area contributed by atoms with Crippen LogP contribution in [0.2, 0.25) is 5.02 Å². The number of hydrogen-bond acceptors (Lipinski definition) is 1. The van der Waals surface area contributed by atoms with Gasteiger partial charge in [0.25, 0.3) is 0 Å². The van der Waals surface area contributed by atoms with Gasteiger partial charge in [-0.2, -0.15) is 0 Å². The molecule has 0 N–H and O–H groups in total. The molecule has 3 heteroatoms. The molecule has 3 aliphatic heterocycles. The van der Waals surface area contributed by atoms with E-state index in [0.29, 0.717) is 11.7 Å². The summed E-state index contributed by atoms with van der Waals surface area (Å²) in [6.45, 7) is 5.99. The Morgan fingerprint density at radius 1 is 1.00 bits per heavy atom. The Kier molecular flexibility index (Phi) is 7.17. The van der Waals surface area contributed by atoms with Gasteiger partial charge in [0.05, 0.1) is 19.6 Å². The average molecular weight is 377 g/mol. The van der Waals surface area contributed by atoms with Gasteiger partial charge in [0, 0.05) is 30.2 Å². The highest BCUT2D eigenvalue weighted by atomic mass is 35.5. The molecule has 3 fully saturated rings. The minimum atomic E-state index is 0.279. The van der Waals surface area contributed by atoms with Crippen LogP contribution in [0, 0.1) is 5.92 Å². The molecule has 0 radical (unpaired) electrons. The first kappa shape index (κ1) is 19.9. The van der Waals surface area contributed by atoms with Crippen molar-refractivity contribution in [1.29, 1.82) is 0 Å². The molecule has 3 saturated heterocycles. The topological polar surface area (TPSA) is 17.1 Å². The van der Waals surface area contributed by atoms with Gasteiger partial charge in [-0.3, -0.25) is 4.79 Å². The molecule has 0 aliphatic carbocycles. The summed E-state index contributed by atoms with van der Waals surface area (Å²) in [5.41, 5.74) is 1.34. The molecule has 0 saturated carbocycles. The van der Waals surface area contributed by atoms with Crippen molar-refractivity contribution in [1.82, 2.24) is 0 Å². The number of quaternary nitrogens is 1. The molecule has 4 rings (SSSR count). The summed E-state index contributed by atoms with van der Waals surface area (Å²) in [4.78, 5) is 13.0. The molecule has 2 nitrogen and oxygen atoms in total. The highest BCUT2D eigenvalue weighted by Gasteiger charge is 2.52. The highest BCUT2D eigenvalue weighted by molar-refractivity contribution is 6.30. The number of nitrogens with zero attached hydrogens (tertiary/aromatic N) is 1. The number of rotatable bonds is 10. The third kappa shape index (κ3) is 4.70. The summed E-state index contributed by atoms with van der Waals surface area (Å²) < 4.78 is 1.11. The zero-order valence-corrected chi connectivity index (χ0v) is 17.1. The predicted molar refractivity (Wildman–Crippen MR) is 110 cm³/mol. The van der Waals surface area contributed by atoms with E-state index in [2.05, 4.69) is 19.1 Å². The Morgan fingerprint density at radius 3 is 2.38 bits per heavy atom. The average Bonchev–Trinajstić information content (AvgIpc) is 2.66. The van der Waals surface area contributed by atoms with E-state index < -0.39 is 0 Å². The number of benzene rings is 1. The first-order valence-electron chi connectivity index (χ1n) is 10.8. The number of aryl methyl sites for hydroxylation is 1. The van der Waals surface area contributed by atoms with E-state index in [-0.39, 0.29) is 6.04 Å². The van der Waals surface area contributed by atoms with Crippen LogP contribution in [0.4, 0.5) is 0 Å². The van der Waals surface area contributed by atoms with Crippen molar-refractivity contribution in [3.63, 3.8) is 0 Å². The van der Waals surface area contributed by atoms with Gasteiger partial charge in [-0.25, -0.2) is 0 Å². The number of ketones is 1. The molecule has 0 spiro atoms. The van der Waals surface area contributed by atoms with Crippen molar-refractivity contribution in [2.24, 2.45) is 5.92 Å². The predicted octanol–water partition coefficient (Wildman–Crippen LogP) is 5.81. The van der Waals surface area contributed by atoms with E-state index in [1.54, 1.807) is 0 Å². The maximum absolute atomic E-state index is 13.0. The fourth-order valence-corrected chi connectivity index (χ4v) is 5.32. The molecule has 0 aromatic heterocycles. The lowest BCUT2D eigenvalue weighted by Crippen LogP contribution is -2.68. The molecule has 0 amide bonds. The lowest BCUT2D eigenvalue weighted by molar-refractivity contribution is -0.953. The van der Waals surface area contributed by atoms with Gasteiger partial charge in [0.15, 0.2) is 5.78 Å². The van der Waals surface area contributed by atoms with E-state index in [4.69, 9.17) is 11.6 Å². The number of unbranched alkanes of at least 4 members (excludes halogenated alkanes) is 4. The summed E-state index contributed by atoms with van der Waals surface area (Å²) in [6.07, 6.45) is 12.2. The maximum Gasteiger partial charge on any atom is 0.193 e. The second kappa shape index (κ2) is 9.37. The van der Waals surface area contributed by atoms with Gasteiger partial charge in [-0.15, -0.1) is 0 Å². The molecular formula is C23H35ClNO+. The third-order valence-corrected chi connectivity index (χ3v) is 7.05. The summed E-state index contributed by atoms with van der Waals surface area (Å²) in [6, 6.07) is 8.46. The SMILES string of the molecule is CCCCCCC[N+]12CCC(CC1)C(=O)C2CCCc1ccc(Cl)cc1. The summed E-state index contributed by atoms with van der Waals surface area (Å²) in [5.74, 6) is 0.961. The van der Waals surface area contributed by atoms with E-state index in [0.717, 1.165) is 41.6 Å². The van der Waals surface area contributed by atoms with E-state index in [9.17, 15) is 4.79 Å². The van der Waals surface area contributed by atoms with Crippen LogP contribution in [-0.2, 0) is 11.2 Å². The molecule has 1 aromatic carbocycles. The van der Waals surface area contributed by atoms with Crippen molar-refractivity contribution in [3.8, 4) is 0 Å². The Hall–Kier alpha value is -0.860. The van der Waals surface area contributed by atoms with Crippen LogP contribution in [-0.4, -0.2) is 35.9 Å². The Morgan fingerprint density at radius 2 is 1.69 bits per heavy atom. The number of hydrogen-bond donors (Lipinski definition) is 0. The lowest BCUT2D eigenvalue weighted by Gasteiger charge is -2.53. The minimum Gasteiger partial charge on any atom is -0.315 e. The van der Waals surface area contributed by atoms with Crippen molar-refractivity contribution in [2.45, 2.75) is 77.2 Å². The van der Waals surface area contributed by atoms with Gasteiger partial charge < -0.3 is 4.48 Å². The number of fused-ring (bicyclic) bond motifs is 3. The van der Waals surface area contributed by atoms with Crippen LogP contribution in [0.3, 0.4) is 0 Å². The quantitative estimate of drug-likeness (QED) is 0.372. The van der Waals surface area contributed by atoms with Crippen molar-refractivity contribution >= 4 is 17.4 Å². The van der Waals surface area contributed by atoms with Crippen LogP contribution in [0.5, 0.6) is 0 Å². The molecule has 1 atom stereocenters. The zero-order valence-electron chi connectivity index (χ0n) is 16.4. The van der Waals surface area contributed by atoms with Gasteiger partial charge in [-0.05, 0) is 43.4 Å². The minimum absolute atomic E-state index is 0.279. The zero-order chi connectivity index (χ0) is 18.4. The molecule has 3 heterocycles. The standard InChI is InChI=1S/C23H35ClNO/c1-2-3-4-5-6-16-25-17-14-20(15-18-25)23(26)22(25)9-7-8-19-10-12-21(24)13-11-19/h10-13,20,22H,2-9,14-18H2,1H3/q+1. The van der Waals surface area contributed by atoms with Crippen molar-refractivity contribution in [2.75, 3.05) is 19.6 Å². The van der Waals surface area contributed by atoms with Gasteiger partial charge in [-0.1, -0.05) is 49.9 Å². The summed E-state index contributed by atoms with van der Waals surface area (Å²) in [5, 5.41) is 0.798. The molecule has 3 aliphatic rings. The van der Waals surface area contributed by atoms with Crippen LogP contribution in [0.1, 0.15) is 70.3 Å².